The molecule has 0 saturated heterocycles. The summed E-state index contributed by atoms with van der Waals surface area (Å²) in [5, 5.41) is 0.192. The van der Waals surface area contributed by atoms with Crippen molar-refractivity contribution in [2.75, 3.05) is 6.54 Å². The molecule has 90 valence electrons. The molecule has 1 nitrogen and oxygen atoms in total. The number of hydrogen-bond acceptors (Lipinski definition) is 1. The topological polar surface area (TPSA) is 26.0 Å². The number of hydrogen-bond donors (Lipinski definition) is 1. The van der Waals surface area contributed by atoms with Crippen LogP contribution in [-0.4, -0.2) is 6.54 Å². The van der Waals surface area contributed by atoms with E-state index in [0.29, 0.717) is 30.4 Å². The molecular formula is C13H19ClFN. The molecule has 1 unspecified atom stereocenters. The second-order valence-electron chi connectivity index (χ2n) is 4.65. The van der Waals surface area contributed by atoms with Gasteiger partial charge in [0.2, 0.25) is 0 Å². The van der Waals surface area contributed by atoms with Crippen LogP contribution < -0.4 is 5.73 Å². The van der Waals surface area contributed by atoms with Crippen LogP contribution in [0.3, 0.4) is 0 Å². The minimum Gasteiger partial charge on any atom is -0.330 e. The molecule has 0 aliphatic carbocycles. The molecular weight excluding hydrogens is 225 g/mol. The summed E-state index contributed by atoms with van der Waals surface area (Å²) >= 11 is 5.74. The van der Waals surface area contributed by atoms with Gasteiger partial charge in [0, 0.05) is 0 Å². The zero-order valence-corrected chi connectivity index (χ0v) is 10.6. The van der Waals surface area contributed by atoms with Crippen LogP contribution in [0.25, 0.3) is 0 Å². The maximum absolute atomic E-state index is 13.7. The monoisotopic (exact) mass is 243 g/mol. The Labute approximate surface area is 102 Å². The minimum absolute atomic E-state index is 0.192. The van der Waals surface area contributed by atoms with E-state index in [1.54, 1.807) is 18.2 Å². The van der Waals surface area contributed by atoms with E-state index in [0.717, 1.165) is 6.42 Å². The first-order chi connectivity index (χ1) is 7.54. The van der Waals surface area contributed by atoms with Crippen molar-refractivity contribution < 1.29 is 4.39 Å². The summed E-state index contributed by atoms with van der Waals surface area (Å²) in [7, 11) is 0. The van der Waals surface area contributed by atoms with Crippen molar-refractivity contribution in [3.8, 4) is 0 Å². The van der Waals surface area contributed by atoms with Gasteiger partial charge in [0.25, 0.3) is 0 Å². The molecule has 16 heavy (non-hydrogen) atoms. The Morgan fingerprint density at radius 1 is 1.38 bits per heavy atom. The Morgan fingerprint density at radius 3 is 2.62 bits per heavy atom. The normalized spacial score (nSPS) is 13.1. The fraction of sp³-hybridized carbons (Fsp3) is 0.538. The molecule has 0 amide bonds. The number of rotatable bonds is 5. The maximum Gasteiger partial charge on any atom is 0.144 e. The first kappa shape index (κ1) is 13.5. The molecule has 1 atom stereocenters. The summed E-state index contributed by atoms with van der Waals surface area (Å²) < 4.78 is 13.7. The van der Waals surface area contributed by atoms with E-state index in [1.165, 1.54) is 0 Å². The van der Waals surface area contributed by atoms with Crippen molar-refractivity contribution in [1.29, 1.82) is 0 Å². The van der Waals surface area contributed by atoms with Crippen molar-refractivity contribution in [1.82, 2.24) is 0 Å². The van der Waals surface area contributed by atoms with Gasteiger partial charge in [0.1, 0.15) is 5.82 Å². The van der Waals surface area contributed by atoms with Crippen molar-refractivity contribution in [2.24, 2.45) is 17.6 Å². The van der Waals surface area contributed by atoms with Crippen LogP contribution in [0.4, 0.5) is 4.39 Å². The van der Waals surface area contributed by atoms with Crippen LogP contribution in [0.2, 0.25) is 5.02 Å². The van der Waals surface area contributed by atoms with Crippen LogP contribution in [0.15, 0.2) is 18.2 Å². The summed E-state index contributed by atoms with van der Waals surface area (Å²) in [6, 6.07) is 5.13. The fourth-order valence-corrected chi connectivity index (χ4v) is 2.14. The first-order valence-electron chi connectivity index (χ1n) is 5.67. The summed E-state index contributed by atoms with van der Waals surface area (Å²) in [6.45, 7) is 4.89. The van der Waals surface area contributed by atoms with Crippen LogP contribution in [0.1, 0.15) is 25.8 Å². The van der Waals surface area contributed by atoms with Gasteiger partial charge in [-0.05, 0) is 42.9 Å². The largest absolute Gasteiger partial charge is 0.330 e. The molecule has 0 bridgehead atoms. The third-order valence-corrected chi connectivity index (χ3v) is 2.97. The number of benzene rings is 1. The van der Waals surface area contributed by atoms with Crippen LogP contribution in [-0.2, 0) is 6.42 Å². The zero-order chi connectivity index (χ0) is 12.1. The van der Waals surface area contributed by atoms with E-state index in [1.807, 2.05) is 0 Å². The van der Waals surface area contributed by atoms with Gasteiger partial charge in [-0.15, -0.1) is 0 Å². The molecule has 0 fully saturated rings. The predicted octanol–water partition coefficient (Wildman–Crippen LogP) is 3.64. The molecule has 1 rings (SSSR count). The van der Waals surface area contributed by atoms with E-state index in [9.17, 15) is 4.39 Å². The van der Waals surface area contributed by atoms with Crippen molar-refractivity contribution in [3.05, 3.63) is 34.6 Å². The average Bonchev–Trinajstić information content (AvgIpc) is 2.23. The lowest BCUT2D eigenvalue weighted by Crippen LogP contribution is -2.19. The van der Waals surface area contributed by atoms with E-state index < -0.39 is 0 Å². The molecule has 2 N–H and O–H groups in total. The van der Waals surface area contributed by atoms with E-state index in [2.05, 4.69) is 13.8 Å². The van der Waals surface area contributed by atoms with Crippen molar-refractivity contribution in [2.45, 2.75) is 26.7 Å². The highest BCUT2D eigenvalue weighted by atomic mass is 35.5. The van der Waals surface area contributed by atoms with Crippen molar-refractivity contribution >= 4 is 11.6 Å². The standard InChI is InChI=1S/C13H19ClFN/c1-9(2)6-10(8-16)7-11-4-3-5-12(14)13(11)15/h3-5,9-10H,6-8,16H2,1-2H3. The second-order valence-corrected chi connectivity index (χ2v) is 5.06. The Morgan fingerprint density at radius 2 is 2.06 bits per heavy atom. The van der Waals surface area contributed by atoms with E-state index in [-0.39, 0.29) is 10.8 Å². The molecule has 3 heteroatoms. The second kappa shape index (κ2) is 6.21. The van der Waals surface area contributed by atoms with Crippen LogP contribution in [0, 0.1) is 17.7 Å². The van der Waals surface area contributed by atoms with Gasteiger partial charge in [0.05, 0.1) is 5.02 Å². The quantitative estimate of drug-likeness (QED) is 0.840. The smallest absolute Gasteiger partial charge is 0.144 e. The Hall–Kier alpha value is -0.600. The van der Waals surface area contributed by atoms with Crippen LogP contribution in [0.5, 0.6) is 0 Å². The Bertz CT molecular complexity index is 339. The van der Waals surface area contributed by atoms with Gasteiger partial charge >= 0.3 is 0 Å². The molecule has 0 saturated carbocycles. The summed E-state index contributed by atoms with van der Waals surface area (Å²) in [5.74, 6) is 0.607. The highest BCUT2D eigenvalue weighted by molar-refractivity contribution is 6.30. The lowest BCUT2D eigenvalue weighted by molar-refractivity contribution is 0.409. The molecule has 1 aromatic carbocycles. The third kappa shape index (κ3) is 3.76. The maximum atomic E-state index is 13.7. The summed E-state index contributed by atoms with van der Waals surface area (Å²) in [6.07, 6.45) is 1.68. The predicted molar refractivity (Wildman–Crippen MR) is 67.1 cm³/mol. The van der Waals surface area contributed by atoms with E-state index in [4.69, 9.17) is 17.3 Å². The van der Waals surface area contributed by atoms with Crippen LogP contribution >= 0.6 is 11.6 Å². The van der Waals surface area contributed by atoms with Gasteiger partial charge < -0.3 is 5.73 Å². The number of nitrogens with two attached hydrogens (primary N) is 1. The highest BCUT2D eigenvalue weighted by Crippen LogP contribution is 2.22. The summed E-state index contributed by atoms with van der Waals surface area (Å²) in [4.78, 5) is 0. The molecule has 0 radical (unpaired) electrons. The average molecular weight is 244 g/mol. The van der Waals surface area contributed by atoms with Crippen molar-refractivity contribution in [3.63, 3.8) is 0 Å². The SMILES string of the molecule is CC(C)CC(CN)Cc1cccc(Cl)c1F. The molecule has 0 spiro atoms. The highest BCUT2D eigenvalue weighted by Gasteiger charge is 2.14. The van der Waals surface area contributed by atoms with Gasteiger partial charge in [-0.3, -0.25) is 0 Å². The molecule has 0 aliphatic rings. The summed E-state index contributed by atoms with van der Waals surface area (Å²) in [5.41, 5.74) is 6.37. The van der Waals surface area contributed by atoms with Gasteiger partial charge in [-0.2, -0.15) is 0 Å². The molecule has 1 aromatic rings. The zero-order valence-electron chi connectivity index (χ0n) is 9.84. The molecule has 0 aliphatic heterocycles. The molecule has 0 heterocycles. The lowest BCUT2D eigenvalue weighted by Gasteiger charge is -2.17. The lowest BCUT2D eigenvalue weighted by atomic mass is 9.91. The first-order valence-corrected chi connectivity index (χ1v) is 6.05. The van der Waals surface area contributed by atoms with Gasteiger partial charge in [0.15, 0.2) is 0 Å². The third-order valence-electron chi connectivity index (χ3n) is 2.68. The fourth-order valence-electron chi connectivity index (χ4n) is 1.95. The Balaban J connectivity index is 2.74. The number of halogens is 2. The minimum atomic E-state index is -0.300. The van der Waals surface area contributed by atoms with Gasteiger partial charge in [-0.25, -0.2) is 4.39 Å². The van der Waals surface area contributed by atoms with E-state index >= 15 is 0 Å². The molecule has 0 aromatic heterocycles. The van der Waals surface area contributed by atoms with Gasteiger partial charge in [-0.1, -0.05) is 37.6 Å². The Kier molecular flexibility index (Phi) is 5.23.